The summed E-state index contributed by atoms with van der Waals surface area (Å²) in [6, 6.07) is 13.0. The van der Waals surface area contributed by atoms with Crippen LogP contribution in [0.15, 0.2) is 42.5 Å². The summed E-state index contributed by atoms with van der Waals surface area (Å²) < 4.78 is 5.44. The molecule has 1 atom stereocenters. The number of nitrogens with one attached hydrogen (secondary N) is 1. The van der Waals surface area contributed by atoms with Gasteiger partial charge in [-0.1, -0.05) is 47.5 Å². The molecule has 4 nitrogen and oxygen atoms in total. The van der Waals surface area contributed by atoms with Crippen molar-refractivity contribution in [2.45, 2.75) is 12.5 Å². The Morgan fingerprint density at radius 2 is 1.88 bits per heavy atom. The van der Waals surface area contributed by atoms with Gasteiger partial charge in [0.25, 0.3) is 0 Å². The quantitative estimate of drug-likeness (QED) is 0.789. The second-order valence-corrected chi connectivity index (χ2v) is 6.77. The largest absolute Gasteiger partial charge is 0.496 e. The minimum atomic E-state index is -0.0693. The third-order valence-corrected chi connectivity index (χ3v) is 4.70. The molecule has 2 aromatic carbocycles. The van der Waals surface area contributed by atoms with Crippen molar-refractivity contribution in [2.24, 2.45) is 0 Å². The summed E-state index contributed by atoms with van der Waals surface area (Å²) in [7, 11) is 5.60. The lowest BCUT2D eigenvalue weighted by Crippen LogP contribution is -2.35. The van der Waals surface area contributed by atoms with E-state index in [1.165, 1.54) is 0 Å². The van der Waals surface area contributed by atoms with Crippen molar-refractivity contribution < 1.29 is 9.53 Å². The molecule has 0 fully saturated rings. The van der Waals surface area contributed by atoms with Gasteiger partial charge in [0.1, 0.15) is 5.75 Å². The van der Waals surface area contributed by atoms with Crippen LogP contribution in [0.4, 0.5) is 0 Å². The van der Waals surface area contributed by atoms with Crippen LogP contribution in [0.2, 0.25) is 10.0 Å². The van der Waals surface area contributed by atoms with E-state index in [9.17, 15) is 4.79 Å². The molecule has 0 aliphatic carbocycles. The van der Waals surface area contributed by atoms with Crippen molar-refractivity contribution in [2.75, 3.05) is 27.7 Å². The SMILES string of the molecule is COc1ccccc1[C@H](CNC(=O)Cc1ccc(Cl)c(Cl)c1)N(C)C. The molecule has 0 spiro atoms. The molecule has 0 heterocycles. The summed E-state index contributed by atoms with van der Waals surface area (Å²) in [5.41, 5.74) is 1.86. The van der Waals surface area contributed by atoms with E-state index >= 15 is 0 Å². The molecule has 0 radical (unpaired) electrons. The second-order valence-electron chi connectivity index (χ2n) is 5.95. The molecular weight excluding hydrogens is 359 g/mol. The highest BCUT2D eigenvalue weighted by atomic mass is 35.5. The number of nitrogens with zero attached hydrogens (tertiary/aromatic N) is 1. The van der Waals surface area contributed by atoms with Gasteiger partial charge in [0, 0.05) is 12.1 Å². The number of rotatable bonds is 7. The summed E-state index contributed by atoms with van der Waals surface area (Å²) in [5, 5.41) is 3.92. The molecule has 2 rings (SSSR count). The molecule has 0 saturated heterocycles. The zero-order chi connectivity index (χ0) is 18.4. The summed E-state index contributed by atoms with van der Waals surface area (Å²) in [6.07, 6.45) is 0.253. The Morgan fingerprint density at radius 1 is 1.16 bits per heavy atom. The summed E-state index contributed by atoms with van der Waals surface area (Å²) in [5.74, 6) is 0.736. The number of likely N-dealkylation sites (N-methyl/N-ethyl adjacent to an activating group) is 1. The van der Waals surface area contributed by atoms with Crippen LogP contribution >= 0.6 is 23.2 Å². The fourth-order valence-corrected chi connectivity index (χ4v) is 2.94. The van der Waals surface area contributed by atoms with Gasteiger partial charge in [-0.3, -0.25) is 4.79 Å². The minimum Gasteiger partial charge on any atom is -0.496 e. The highest BCUT2D eigenvalue weighted by Crippen LogP contribution is 2.27. The van der Waals surface area contributed by atoms with Gasteiger partial charge in [-0.15, -0.1) is 0 Å². The molecule has 1 N–H and O–H groups in total. The first-order valence-electron chi connectivity index (χ1n) is 7.92. The van der Waals surface area contributed by atoms with Gasteiger partial charge in [-0.2, -0.15) is 0 Å². The van der Waals surface area contributed by atoms with E-state index in [0.29, 0.717) is 16.6 Å². The normalized spacial score (nSPS) is 12.1. The average Bonchev–Trinajstić information content (AvgIpc) is 2.58. The molecule has 134 valence electrons. The highest BCUT2D eigenvalue weighted by Gasteiger charge is 2.19. The average molecular weight is 381 g/mol. The predicted molar refractivity (Wildman–Crippen MR) is 103 cm³/mol. The van der Waals surface area contributed by atoms with Gasteiger partial charge in [-0.05, 0) is 37.9 Å². The van der Waals surface area contributed by atoms with Crippen molar-refractivity contribution in [3.8, 4) is 5.75 Å². The molecule has 25 heavy (non-hydrogen) atoms. The lowest BCUT2D eigenvalue weighted by atomic mass is 10.0. The van der Waals surface area contributed by atoms with E-state index < -0.39 is 0 Å². The van der Waals surface area contributed by atoms with Crippen LogP contribution in [-0.4, -0.2) is 38.6 Å². The maximum absolute atomic E-state index is 12.3. The van der Waals surface area contributed by atoms with Crippen molar-refractivity contribution in [3.63, 3.8) is 0 Å². The number of hydrogen-bond donors (Lipinski definition) is 1. The van der Waals surface area contributed by atoms with Crippen LogP contribution in [0.5, 0.6) is 5.75 Å². The lowest BCUT2D eigenvalue weighted by molar-refractivity contribution is -0.120. The molecule has 6 heteroatoms. The number of hydrogen-bond acceptors (Lipinski definition) is 3. The number of halogens is 2. The molecule has 0 aliphatic heterocycles. The highest BCUT2D eigenvalue weighted by molar-refractivity contribution is 6.42. The Bertz CT molecular complexity index is 735. The zero-order valence-electron chi connectivity index (χ0n) is 14.6. The summed E-state index contributed by atoms with van der Waals surface area (Å²) >= 11 is 11.9. The molecule has 0 bridgehead atoms. The molecule has 0 unspecified atom stereocenters. The molecule has 2 aromatic rings. The van der Waals surface area contributed by atoms with Crippen molar-refractivity contribution in [1.29, 1.82) is 0 Å². The monoisotopic (exact) mass is 380 g/mol. The predicted octanol–water partition coefficient (Wildman–Crippen LogP) is 3.96. The molecule has 0 saturated carbocycles. The molecule has 0 aromatic heterocycles. The van der Waals surface area contributed by atoms with E-state index in [4.69, 9.17) is 27.9 Å². The van der Waals surface area contributed by atoms with E-state index in [2.05, 4.69) is 10.2 Å². The van der Waals surface area contributed by atoms with Gasteiger partial charge in [0.15, 0.2) is 0 Å². The maximum Gasteiger partial charge on any atom is 0.224 e. The topological polar surface area (TPSA) is 41.6 Å². The van der Waals surface area contributed by atoms with Crippen molar-refractivity contribution in [1.82, 2.24) is 10.2 Å². The number of benzene rings is 2. The first-order chi connectivity index (χ1) is 11.9. The molecular formula is C19H22Cl2N2O2. The van der Waals surface area contributed by atoms with Gasteiger partial charge in [0.05, 0.1) is 29.6 Å². The third kappa shape index (κ3) is 5.36. The van der Waals surface area contributed by atoms with Crippen LogP contribution in [0, 0.1) is 0 Å². The van der Waals surface area contributed by atoms with Crippen molar-refractivity contribution in [3.05, 3.63) is 63.6 Å². The first-order valence-corrected chi connectivity index (χ1v) is 8.68. The maximum atomic E-state index is 12.3. The number of para-hydroxylation sites is 1. The zero-order valence-corrected chi connectivity index (χ0v) is 16.1. The summed E-state index contributed by atoms with van der Waals surface area (Å²) in [6.45, 7) is 0.480. The summed E-state index contributed by atoms with van der Waals surface area (Å²) in [4.78, 5) is 14.3. The minimum absolute atomic E-state index is 0.00825. The standard InChI is InChI=1S/C19H22Cl2N2O2/c1-23(2)17(14-6-4-5-7-18(14)25-3)12-22-19(24)11-13-8-9-15(20)16(21)10-13/h4-10,17H,11-12H2,1-3H3,(H,22,24)/t17-/m0/s1. The van der Waals surface area contributed by atoms with Crippen molar-refractivity contribution >= 4 is 29.1 Å². The first kappa shape index (κ1) is 19.6. The number of carbonyl (C=O) groups excluding carboxylic acids is 1. The fraction of sp³-hybridized carbons (Fsp3) is 0.316. The van der Waals surface area contributed by atoms with Crippen LogP contribution in [0.25, 0.3) is 0 Å². The van der Waals surface area contributed by atoms with Gasteiger partial charge in [-0.25, -0.2) is 0 Å². The van der Waals surface area contributed by atoms with E-state index in [1.807, 2.05) is 38.4 Å². The number of ether oxygens (including phenoxy) is 1. The van der Waals surface area contributed by atoms with E-state index in [0.717, 1.165) is 16.9 Å². The number of carbonyl (C=O) groups is 1. The Hall–Kier alpha value is -1.75. The number of amides is 1. The van der Waals surface area contributed by atoms with E-state index in [1.54, 1.807) is 25.3 Å². The Morgan fingerprint density at radius 3 is 2.52 bits per heavy atom. The molecule has 1 amide bonds. The Labute approximate surface area is 158 Å². The van der Waals surface area contributed by atoms with Gasteiger partial charge >= 0.3 is 0 Å². The Balaban J connectivity index is 2.03. The second kappa shape index (κ2) is 9.09. The van der Waals surface area contributed by atoms with E-state index in [-0.39, 0.29) is 18.4 Å². The smallest absolute Gasteiger partial charge is 0.224 e. The van der Waals surface area contributed by atoms with Crippen LogP contribution in [0.3, 0.4) is 0 Å². The molecule has 0 aliphatic rings. The Kier molecular flexibility index (Phi) is 7.12. The lowest BCUT2D eigenvalue weighted by Gasteiger charge is -2.26. The number of methoxy groups -OCH3 is 1. The third-order valence-electron chi connectivity index (χ3n) is 3.96. The van der Waals surface area contributed by atoms with Gasteiger partial charge in [0.2, 0.25) is 5.91 Å². The van der Waals surface area contributed by atoms with Crippen LogP contribution in [0.1, 0.15) is 17.2 Å². The fourth-order valence-electron chi connectivity index (χ4n) is 2.62. The van der Waals surface area contributed by atoms with Crippen LogP contribution in [-0.2, 0) is 11.2 Å². The van der Waals surface area contributed by atoms with Gasteiger partial charge < -0.3 is 15.0 Å². The van der Waals surface area contributed by atoms with Crippen LogP contribution < -0.4 is 10.1 Å².